The molecule has 3 amide bonds. The van der Waals surface area contributed by atoms with Crippen LogP contribution in [0.15, 0.2) is 24.3 Å². The Balaban J connectivity index is 2.71. The molecule has 21 heavy (non-hydrogen) atoms. The summed E-state index contributed by atoms with van der Waals surface area (Å²) >= 11 is 7.70. The molecular formula is C14H20ClN3O2S. The van der Waals surface area contributed by atoms with Crippen molar-refractivity contribution in [3.63, 3.8) is 0 Å². The van der Waals surface area contributed by atoms with Crippen molar-refractivity contribution in [3.05, 3.63) is 34.9 Å². The number of carbonyl (C=O) groups is 2. The first-order chi connectivity index (χ1) is 9.95. The number of amides is 3. The Labute approximate surface area is 134 Å². The highest BCUT2D eigenvalue weighted by Gasteiger charge is 2.21. The van der Waals surface area contributed by atoms with E-state index >= 15 is 0 Å². The van der Waals surface area contributed by atoms with Crippen LogP contribution in [0.25, 0.3) is 0 Å². The Morgan fingerprint density at radius 1 is 1.33 bits per heavy atom. The van der Waals surface area contributed by atoms with Crippen molar-refractivity contribution in [3.8, 4) is 0 Å². The molecule has 116 valence electrons. The lowest BCUT2D eigenvalue weighted by Gasteiger charge is -2.21. The molecule has 5 nitrogen and oxygen atoms in total. The molecule has 1 aromatic rings. The van der Waals surface area contributed by atoms with Gasteiger partial charge in [-0.3, -0.25) is 4.79 Å². The van der Waals surface area contributed by atoms with E-state index < -0.39 is 12.1 Å². The summed E-state index contributed by atoms with van der Waals surface area (Å²) in [5.74, 6) is 0.481. The van der Waals surface area contributed by atoms with Gasteiger partial charge in [-0.2, -0.15) is 11.8 Å². The van der Waals surface area contributed by atoms with Crippen LogP contribution in [0.5, 0.6) is 0 Å². The number of nitrogens with two attached hydrogens (primary N) is 1. The van der Waals surface area contributed by atoms with Gasteiger partial charge in [-0.1, -0.05) is 29.8 Å². The van der Waals surface area contributed by atoms with E-state index in [1.54, 1.807) is 17.8 Å². The molecule has 1 aromatic carbocycles. The SMILES string of the molecule is CSCCC(NC(N)=O)C(=O)NC(C)c1ccccc1Cl. The number of halogens is 1. The van der Waals surface area contributed by atoms with E-state index in [1.165, 1.54) is 0 Å². The summed E-state index contributed by atoms with van der Waals surface area (Å²) in [5.41, 5.74) is 5.94. The molecule has 0 fully saturated rings. The van der Waals surface area contributed by atoms with Crippen molar-refractivity contribution in [1.82, 2.24) is 10.6 Å². The molecule has 7 heteroatoms. The summed E-state index contributed by atoms with van der Waals surface area (Å²) in [4.78, 5) is 23.2. The predicted octanol–water partition coefficient (Wildman–Crippen LogP) is 2.31. The zero-order valence-corrected chi connectivity index (χ0v) is 13.6. The largest absolute Gasteiger partial charge is 0.352 e. The maximum Gasteiger partial charge on any atom is 0.312 e. The maximum absolute atomic E-state index is 12.2. The molecule has 0 aliphatic rings. The first-order valence-electron chi connectivity index (χ1n) is 6.55. The summed E-state index contributed by atoms with van der Waals surface area (Å²) in [5, 5.41) is 5.91. The minimum atomic E-state index is -0.707. The Bertz CT molecular complexity index is 499. The Morgan fingerprint density at radius 3 is 2.57 bits per heavy atom. The number of carbonyl (C=O) groups excluding carboxylic acids is 2. The van der Waals surface area contributed by atoms with E-state index in [1.807, 2.05) is 31.4 Å². The van der Waals surface area contributed by atoms with Crippen LogP contribution < -0.4 is 16.4 Å². The van der Waals surface area contributed by atoms with Gasteiger partial charge in [-0.05, 0) is 37.0 Å². The van der Waals surface area contributed by atoms with Crippen molar-refractivity contribution in [1.29, 1.82) is 0 Å². The predicted molar refractivity (Wildman–Crippen MR) is 87.5 cm³/mol. The van der Waals surface area contributed by atoms with E-state index in [4.69, 9.17) is 17.3 Å². The number of urea groups is 1. The minimum absolute atomic E-state index is 0.252. The van der Waals surface area contributed by atoms with Crippen molar-refractivity contribution in [2.24, 2.45) is 5.73 Å². The van der Waals surface area contributed by atoms with Gasteiger partial charge in [0.15, 0.2) is 0 Å². The average molecular weight is 330 g/mol. The van der Waals surface area contributed by atoms with Crippen LogP contribution in [0, 0.1) is 0 Å². The molecular weight excluding hydrogens is 310 g/mol. The fourth-order valence-electron chi connectivity index (χ4n) is 1.89. The van der Waals surface area contributed by atoms with Gasteiger partial charge < -0.3 is 16.4 Å². The highest BCUT2D eigenvalue weighted by molar-refractivity contribution is 7.98. The number of nitrogens with one attached hydrogen (secondary N) is 2. The van der Waals surface area contributed by atoms with Crippen LogP contribution in [0.2, 0.25) is 5.02 Å². The number of primary amides is 1. The smallest absolute Gasteiger partial charge is 0.312 e. The quantitative estimate of drug-likeness (QED) is 0.717. The Hall–Kier alpha value is -1.40. The van der Waals surface area contributed by atoms with E-state index in [0.717, 1.165) is 11.3 Å². The molecule has 0 radical (unpaired) electrons. The van der Waals surface area contributed by atoms with Gasteiger partial charge in [-0.25, -0.2) is 4.79 Å². The summed E-state index contributed by atoms with van der Waals surface area (Å²) in [6, 6.07) is 5.71. The van der Waals surface area contributed by atoms with Crippen LogP contribution in [0.4, 0.5) is 4.79 Å². The summed E-state index contributed by atoms with van der Waals surface area (Å²) in [6.45, 7) is 1.84. The zero-order valence-electron chi connectivity index (χ0n) is 12.1. The molecule has 0 aliphatic heterocycles. The monoisotopic (exact) mass is 329 g/mol. The lowest BCUT2D eigenvalue weighted by molar-refractivity contribution is -0.123. The van der Waals surface area contributed by atoms with E-state index in [2.05, 4.69) is 10.6 Å². The second-order valence-corrected chi connectivity index (χ2v) is 5.99. The standard InChI is InChI=1S/C14H20ClN3O2S/c1-9(10-5-3-4-6-11(10)15)17-13(19)12(7-8-21-2)18-14(16)20/h3-6,9,12H,7-8H2,1-2H3,(H,17,19)(H3,16,18,20). The van der Waals surface area contributed by atoms with Crippen LogP contribution in [-0.4, -0.2) is 30.0 Å². The molecule has 0 aromatic heterocycles. The maximum atomic E-state index is 12.2. The van der Waals surface area contributed by atoms with E-state index in [9.17, 15) is 9.59 Å². The van der Waals surface area contributed by atoms with Crippen molar-refractivity contribution >= 4 is 35.3 Å². The number of benzene rings is 1. The van der Waals surface area contributed by atoms with Gasteiger partial charge in [0.05, 0.1) is 6.04 Å². The fraction of sp³-hybridized carbons (Fsp3) is 0.429. The van der Waals surface area contributed by atoms with Gasteiger partial charge in [0.2, 0.25) is 5.91 Å². The number of hydrogen-bond acceptors (Lipinski definition) is 3. The summed E-state index contributed by atoms with van der Waals surface area (Å²) < 4.78 is 0. The molecule has 2 unspecified atom stereocenters. The Kier molecular flexibility index (Phi) is 7.39. The van der Waals surface area contributed by atoms with Crippen LogP contribution in [-0.2, 0) is 4.79 Å². The highest BCUT2D eigenvalue weighted by Crippen LogP contribution is 2.22. The minimum Gasteiger partial charge on any atom is -0.352 e. The third-order valence-corrected chi connectivity index (χ3v) is 3.96. The third kappa shape index (κ3) is 5.85. The number of rotatable bonds is 7. The number of hydrogen-bond donors (Lipinski definition) is 3. The lowest BCUT2D eigenvalue weighted by atomic mass is 10.1. The van der Waals surface area contributed by atoms with Crippen molar-refractivity contribution < 1.29 is 9.59 Å². The summed E-state index contributed by atoms with van der Waals surface area (Å²) in [6.07, 6.45) is 2.46. The molecule has 0 heterocycles. The van der Waals surface area contributed by atoms with Gasteiger partial charge in [0.25, 0.3) is 0 Å². The molecule has 1 rings (SSSR count). The van der Waals surface area contributed by atoms with Gasteiger partial charge in [-0.15, -0.1) is 0 Å². The van der Waals surface area contributed by atoms with Crippen LogP contribution in [0.3, 0.4) is 0 Å². The molecule has 0 saturated carbocycles. The molecule has 0 saturated heterocycles. The van der Waals surface area contributed by atoms with Gasteiger partial charge >= 0.3 is 6.03 Å². The fourth-order valence-corrected chi connectivity index (χ4v) is 2.67. The van der Waals surface area contributed by atoms with Gasteiger partial charge in [0, 0.05) is 5.02 Å². The zero-order chi connectivity index (χ0) is 15.8. The third-order valence-electron chi connectivity index (χ3n) is 2.97. The second-order valence-electron chi connectivity index (χ2n) is 4.59. The average Bonchev–Trinajstić information content (AvgIpc) is 2.43. The summed E-state index contributed by atoms with van der Waals surface area (Å²) in [7, 11) is 0. The van der Waals surface area contributed by atoms with Crippen LogP contribution in [0.1, 0.15) is 24.9 Å². The first-order valence-corrected chi connectivity index (χ1v) is 8.32. The molecule has 0 bridgehead atoms. The second kappa shape index (κ2) is 8.79. The highest BCUT2D eigenvalue weighted by atomic mass is 35.5. The first kappa shape index (κ1) is 17.7. The van der Waals surface area contributed by atoms with Crippen molar-refractivity contribution in [2.45, 2.75) is 25.4 Å². The van der Waals surface area contributed by atoms with Crippen molar-refractivity contribution in [2.75, 3.05) is 12.0 Å². The molecule has 0 spiro atoms. The lowest BCUT2D eigenvalue weighted by Crippen LogP contribution is -2.49. The van der Waals surface area contributed by atoms with E-state index in [0.29, 0.717) is 11.4 Å². The number of thioether (sulfide) groups is 1. The van der Waals surface area contributed by atoms with Gasteiger partial charge in [0.1, 0.15) is 6.04 Å². The molecule has 0 aliphatic carbocycles. The topological polar surface area (TPSA) is 84.2 Å². The van der Waals surface area contributed by atoms with E-state index in [-0.39, 0.29) is 11.9 Å². The Morgan fingerprint density at radius 2 is 2.00 bits per heavy atom. The molecule has 4 N–H and O–H groups in total. The van der Waals surface area contributed by atoms with Crippen LogP contribution >= 0.6 is 23.4 Å². The molecule has 2 atom stereocenters. The normalized spacial score (nSPS) is 13.3.